The zero-order valence-electron chi connectivity index (χ0n) is 9.54. The Morgan fingerprint density at radius 1 is 1.31 bits per heavy atom. The second kappa shape index (κ2) is 7.19. The molecule has 1 aromatic rings. The first-order valence-corrected chi connectivity index (χ1v) is 5.47. The fraction of sp³-hybridized carbons (Fsp3) is 0.500. The monoisotopic (exact) mass is 227 g/mol. The molecule has 0 aliphatic carbocycles. The van der Waals surface area contributed by atoms with E-state index in [1.807, 2.05) is 6.92 Å². The molecule has 0 atom stereocenters. The molecule has 0 aliphatic rings. The number of ether oxygens (including phenoxy) is 2. The summed E-state index contributed by atoms with van der Waals surface area (Å²) in [6.07, 6.45) is 0.742. The van der Waals surface area contributed by atoms with E-state index in [4.69, 9.17) is 15.2 Å². The quantitative estimate of drug-likeness (QED) is 0.725. The first-order chi connectivity index (χ1) is 7.79. The first-order valence-electron chi connectivity index (χ1n) is 5.47. The Labute approximate surface area is 95.4 Å². The Kier molecular flexibility index (Phi) is 5.82. The maximum atomic E-state index is 13.4. The number of hydrogen-bond acceptors (Lipinski definition) is 3. The lowest BCUT2D eigenvalue weighted by Gasteiger charge is -2.11. The average molecular weight is 227 g/mol. The van der Waals surface area contributed by atoms with Gasteiger partial charge in [0.1, 0.15) is 0 Å². The highest BCUT2D eigenvalue weighted by atomic mass is 19.1. The number of nitrogens with two attached hydrogens (primary N) is 1. The third kappa shape index (κ3) is 3.79. The second-order valence-corrected chi connectivity index (χ2v) is 3.33. The number of rotatable bonds is 7. The summed E-state index contributed by atoms with van der Waals surface area (Å²) in [7, 11) is 0. The molecule has 0 radical (unpaired) electrons. The van der Waals surface area contributed by atoms with Crippen LogP contribution in [-0.4, -0.2) is 19.8 Å². The predicted molar refractivity (Wildman–Crippen MR) is 60.9 cm³/mol. The lowest BCUT2D eigenvalue weighted by Crippen LogP contribution is -2.07. The van der Waals surface area contributed by atoms with Gasteiger partial charge in [0.25, 0.3) is 0 Å². The Morgan fingerprint density at radius 3 is 2.81 bits per heavy atom. The van der Waals surface area contributed by atoms with Crippen molar-refractivity contribution in [2.24, 2.45) is 5.73 Å². The van der Waals surface area contributed by atoms with Gasteiger partial charge in [0.15, 0.2) is 11.6 Å². The Balaban J connectivity index is 2.46. The number of para-hydroxylation sites is 1. The van der Waals surface area contributed by atoms with Gasteiger partial charge in [-0.15, -0.1) is 0 Å². The second-order valence-electron chi connectivity index (χ2n) is 3.33. The lowest BCUT2D eigenvalue weighted by molar-refractivity contribution is 0.130. The number of halogens is 1. The minimum atomic E-state index is -0.362. The first kappa shape index (κ1) is 12.9. The molecule has 4 heteroatoms. The van der Waals surface area contributed by atoms with Crippen molar-refractivity contribution in [2.45, 2.75) is 19.9 Å². The molecule has 0 saturated carbocycles. The largest absolute Gasteiger partial charge is 0.490 e. The summed E-state index contributed by atoms with van der Waals surface area (Å²) in [4.78, 5) is 0. The van der Waals surface area contributed by atoms with Crippen LogP contribution in [0.15, 0.2) is 18.2 Å². The van der Waals surface area contributed by atoms with E-state index < -0.39 is 0 Å². The predicted octanol–water partition coefficient (Wildman–Crippen LogP) is 2.09. The summed E-state index contributed by atoms with van der Waals surface area (Å²) in [5, 5.41) is 0. The standard InChI is InChI=1S/C12H18FNO2/c1-2-15-7-4-8-16-12-10(9-14)5-3-6-11(12)13/h3,5-6H,2,4,7-9,14H2,1H3. The Morgan fingerprint density at radius 2 is 2.12 bits per heavy atom. The summed E-state index contributed by atoms with van der Waals surface area (Å²) in [6.45, 7) is 3.97. The molecule has 0 unspecified atom stereocenters. The van der Waals surface area contributed by atoms with Gasteiger partial charge >= 0.3 is 0 Å². The summed E-state index contributed by atoms with van der Waals surface area (Å²) in [6, 6.07) is 4.77. The van der Waals surface area contributed by atoms with Gasteiger partial charge in [0.2, 0.25) is 0 Å². The van der Waals surface area contributed by atoms with Crippen molar-refractivity contribution < 1.29 is 13.9 Å². The van der Waals surface area contributed by atoms with Gasteiger partial charge in [-0.1, -0.05) is 12.1 Å². The minimum Gasteiger partial charge on any atom is -0.490 e. The Hall–Kier alpha value is -1.13. The van der Waals surface area contributed by atoms with Crippen LogP contribution in [-0.2, 0) is 11.3 Å². The molecular weight excluding hydrogens is 209 g/mol. The van der Waals surface area contributed by atoms with Gasteiger partial charge in [-0.2, -0.15) is 0 Å². The van der Waals surface area contributed by atoms with E-state index in [0.29, 0.717) is 25.4 Å². The Bertz CT molecular complexity index is 318. The minimum absolute atomic E-state index is 0.265. The van der Waals surface area contributed by atoms with E-state index in [0.717, 1.165) is 6.42 Å². The highest BCUT2D eigenvalue weighted by molar-refractivity contribution is 5.34. The zero-order chi connectivity index (χ0) is 11.8. The molecule has 0 fully saturated rings. The van der Waals surface area contributed by atoms with Crippen molar-refractivity contribution in [1.82, 2.24) is 0 Å². The molecule has 0 aliphatic heterocycles. The van der Waals surface area contributed by atoms with Crippen molar-refractivity contribution in [1.29, 1.82) is 0 Å². The maximum absolute atomic E-state index is 13.4. The van der Waals surface area contributed by atoms with Crippen molar-refractivity contribution in [3.05, 3.63) is 29.6 Å². The molecule has 0 bridgehead atoms. The summed E-state index contributed by atoms with van der Waals surface area (Å²) in [5.74, 6) is -0.0964. The van der Waals surface area contributed by atoms with Crippen LogP contribution in [0.25, 0.3) is 0 Å². The van der Waals surface area contributed by atoms with Crippen LogP contribution in [0, 0.1) is 5.82 Å². The maximum Gasteiger partial charge on any atom is 0.165 e. The molecule has 1 rings (SSSR count). The molecule has 3 nitrogen and oxygen atoms in total. The zero-order valence-corrected chi connectivity index (χ0v) is 9.54. The molecule has 0 aromatic heterocycles. The van der Waals surface area contributed by atoms with Gasteiger partial charge in [-0.25, -0.2) is 4.39 Å². The average Bonchev–Trinajstić information content (AvgIpc) is 2.30. The highest BCUT2D eigenvalue weighted by Crippen LogP contribution is 2.22. The van der Waals surface area contributed by atoms with Crippen LogP contribution in [0.4, 0.5) is 4.39 Å². The van der Waals surface area contributed by atoms with Crippen LogP contribution in [0.3, 0.4) is 0 Å². The molecule has 90 valence electrons. The van der Waals surface area contributed by atoms with Gasteiger partial charge in [-0.05, 0) is 13.0 Å². The van der Waals surface area contributed by atoms with Crippen LogP contribution < -0.4 is 10.5 Å². The van der Waals surface area contributed by atoms with E-state index in [2.05, 4.69) is 0 Å². The molecule has 0 saturated heterocycles. The molecule has 0 heterocycles. The summed E-state index contributed by atoms with van der Waals surface area (Å²) < 4.78 is 23.9. The van der Waals surface area contributed by atoms with E-state index in [1.54, 1.807) is 12.1 Å². The third-order valence-corrected chi connectivity index (χ3v) is 2.15. The lowest BCUT2D eigenvalue weighted by atomic mass is 10.2. The van der Waals surface area contributed by atoms with Crippen LogP contribution >= 0.6 is 0 Å². The van der Waals surface area contributed by atoms with Crippen molar-refractivity contribution in [2.75, 3.05) is 19.8 Å². The number of benzene rings is 1. The van der Waals surface area contributed by atoms with Gasteiger partial charge in [-0.3, -0.25) is 0 Å². The molecule has 0 amide bonds. The summed E-state index contributed by atoms with van der Waals surface area (Å²) in [5.41, 5.74) is 6.19. The van der Waals surface area contributed by atoms with Crippen LogP contribution in [0.1, 0.15) is 18.9 Å². The van der Waals surface area contributed by atoms with E-state index >= 15 is 0 Å². The van der Waals surface area contributed by atoms with Crippen LogP contribution in [0.2, 0.25) is 0 Å². The van der Waals surface area contributed by atoms with Crippen molar-refractivity contribution in [3.8, 4) is 5.75 Å². The molecular formula is C12H18FNO2. The van der Waals surface area contributed by atoms with Gasteiger partial charge in [0, 0.05) is 31.7 Å². The normalized spacial score (nSPS) is 10.4. The fourth-order valence-corrected chi connectivity index (χ4v) is 1.36. The van der Waals surface area contributed by atoms with E-state index in [9.17, 15) is 4.39 Å². The highest BCUT2D eigenvalue weighted by Gasteiger charge is 2.07. The van der Waals surface area contributed by atoms with Crippen LogP contribution in [0.5, 0.6) is 5.75 Å². The van der Waals surface area contributed by atoms with E-state index in [-0.39, 0.29) is 18.1 Å². The third-order valence-electron chi connectivity index (χ3n) is 2.15. The molecule has 0 spiro atoms. The van der Waals surface area contributed by atoms with Crippen molar-refractivity contribution in [3.63, 3.8) is 0 Å². The SMILES string of the molecule is CCOCCCOc1c(F)cccc1CN. The van der Waals surface area contributed by atoms with Gasteiger partial charge in [0.05, 0.1) is 6.61 Å². The number of hydrogen-bond donors (Lipinski definition) is 1. The topological polar surface area (TPSA) is 44.5 Å². The fourth-order valence-electron chi connectivity index (χ4n) is 1.36. The van der Waals surface area contributed by atoms with E-state index in [1.165, 1.54) is 6.07 Å². The van der Waals surface area contributed by atoms with Gasteiger partial charge < -0.3 is 15.2 Å². The molecule has 2 N–H and O–H groups in total. The molecule has 1 aromatic carbocycles. The smallest absolute Gasteiger partial charge is 0.165 e. The van der Waals surface area contributed by atoms with Crippen molar-refractivity contribution >= 4 is 0 Å². The molecule has 16 heavy (non-hydrogen) atoms. The summed E-state index contributed by atoms with van der Waals surface area (Å²) >= 11 is 0.